The molecule has 21 heavy (non-hydrogen) atoms. The molecule has 0 aromatic heterocycles. The Morgan fingerprint density at radius 1 is 1.24 bits per heavy atom. The lowest BCUT2D eigenvalue weighted by atomic mass is 10.2. The van der Waals surface area contributed by atoms with Gasteiger partial charge < -0.3 is 11.1 Å². The molecule has 2 rings (SSSR count). The molecular weight excluding hydrogens is 327 g/mol. The van der Waals surface area contributed by atoms with Crippen LogP contribution in [0.3, 0.4) is 0 Å². The van der Waals surface area contributed by atoms with E-state index in [1.807, 2.05) is 25.1 Å². The van der Waals surface area contributed by atoms with Crippen LogP contribution in [0.1, 0.15) is 6.92 Å². The summed E-state index contributed by atoms with van der Waals surface area (Å²) in [6.07, 6.45) is 0. The summed E-state index contributed by atoms with van der Waals surface area (Å²) >= 11 is 13.4. The first-order valence-corrected chi connectivity index (χ1v) is 7.88. The fraction of sp³-hybridized carbons (Fsp3) is 0.133. The van der Waals surface area contributed by atoms with Crippen molar-refractivity contribution in [3.8, 4) is 0 Å². The highest BCUT2D eigenvalue weighted by molar-refractivity contribution is 8.00. The van der Waals surface area contributed by atoms with Gasteiger partial charge in [-0.25, -0.2) is 0 Å². The molecule has 0 spiro atoms. The average molecular weight is 341 g/mol. The third-order valence-electron chi connectivity index (χ3n) is 2.78. The van der Waals surface area contributed by atoms with E-state index in [4.69, 9.17) is 28.9 Å². The predicted molar refractivity (Wildman–Crippen MR) is 91.3 cm³/mol. The van der Waals surface area contributed by atoms with E-state index in [1.165, 1.54) is 11.8 Å². The maximum atomic E-state index is 12.2. The van der Waals surface area contributed by atoms with Gasteiger partial charge in [0, 0.05) is 9.92 Å². The molecule has 0 fully saturated rings. The van der Waals surface area contributed by atoms with Gasteiger partial charge in [0.1, 0.15) is 0 Å². The molecule has 0 bridgehead atoms. The van der Waals surface area contributed by atoms with Gasteiger partial charge in [-0.15, -0.1) is 11.8 Å². The molecule has 1 amide bonds. The molecule has 2 aromatic rings. The Bertz CT molecular complexity index is 664. The molecule has 0 radical (unpaired) electrons. The van der Waals surface area contributed by atoms with Crippen LogP contribution in [0.15, 0.2) is 47.4 Å². The van der Waals surface area contributed by atoms with Gasteiger partial charge >= 0.3 is 0 Å². The molecule has 2 aromatic carbocycles. The molecule has 0 aliphatic heterocycles. The molecular formula is C15H14Cl2N2OS. The zero-order valence-corrected chi connectivity index (χ0v) is 13.6. The quantitative estimate of drug-likeness (QED) is 0.626. The fourth-order valence-electron chi connectivity index (χ4n) is 1.66. The Morgan fingerprint density at radius 2 is 1.95 bits per heavy atom. The Kier molecular flexibility index (Phi) is 5.39. The first-order valence-electron chi connectivity index (χ1n) is 6.24. The second-order valence-electron chi connectivity index (χ2n) is 4.41. The van der Waals surface area contributed by atoms with Crippen LogP contribution in [0.25, 0.3) is 0 Å². The third-order valence-corrected chi connectivity index (χ3v) is 4.64. The van der Waals surface area contributed by atoms with Gasteiger partial charge in [0.15, 0.2) is 0 Å². The van der Waals surface area contributed by atoms with E-state index in [0.717, 1.165) is 4.90 Å². The van der Waals surface area contributed by atoms with Crippen LogP contribution < -0.4 is 11.1 Å². The third kappa shape index (κ3) is 4.30. The number of benzene rings is 2. The van der Waals surface area contributed by atoms with Crippen LogP contribution in [0.4, 0.5) is 11.4 Å². The van der Waals surface area contributed by atoms with Gasteiger partial charge in [-0.2, -0.15) is 0 Å². The highest BCUT2D eigenvalue weighted by Gasteiger charge is 2.16. The predicted octanol–water partition coefficient (Wildman–Crippen LogP) is 4.69. The molecule has 1 unspecified atom stereocenters. The van der Waals surface area contributed by atoms with Crippen LogP contribution >= 0.6 is 35.0 Å². The van der Waals surface area contributed by atoms with Crippen molar-refractivity contribution in [2.75, 3.05) is 11.1 Å². The van der Waals surface area contributed by atoms with E-state index in [-0.39, 0.29) is 11.2 Å². The largest absolute Gasteiger partial charge is 0.397 e. The van der Waals surface area contributed by atoms with Gasteiger partial charge in [-0.1, -0.05) is 35.3 Å². The van der Waals surface area contributed by atoms with E-state index in [9.17, 15) is 4.79 Å². The summed E-state index contributed by atoms with van der Waals surface area (Å²) in [7, 11) is 0. The lowest BCUT2D eigenvalue weighted by molar-refractivity contribution is -0.115. The van der Waals surface area contributed by atoms with Crippen molar-refractivity contribution in [1.29, 1.82) is 0 Å². The highest BCUT2D eigenvalue weighted by Crippen LogP contribution is 2.31. The minimum absolute atomic E-state index is 0.158. The number of carbonyl (C=O) groups excluding carboxylic acids is 1. The van der Waals surface area contributed by atoms with Gasteiger partial charge in [-0.05, 0) is 37.3 Å². The van der Waals surface area contributed by atoms with Crippen LogP contribution in [-0.2, 0) is 4.79 Å². The number of nitrogens with one attached hydrogen (secondary N) is 1. The van der Waals surface area contributed by atoms with Crippen molar-refractivity contribution in [1.82, 2.24) is 0 Å². The lowest BCUT2D eigenvalue weighted by Gasteiger charge is -2.14. The number of thioether (sulfide) groups is 1. The SMILES string of the molecule is CC(Sc1ccccc1Cl)C(=O)Nc1cc(Cl)ccc1N. The van der Waals surface area contributed by atoms with Crippen molar-refractivity contribution < 1.29 is 4.79 Å². The summed E-state index contributed by atoms with van der Waals surface area (Å²) in [6, 6.07) is 12.4. The first-order chi connectivity index (χ1) is 9.97. The molecule has 110 valence electrons. The molecule has 0 heterocycles. The number of anilines is 2. The van der Waals surface area contributed by atoms with Gasteiger partial charge in [0.05, 0.1) is 21.6 Å². The molecule has 0 saturated carbocycles. The molecule has 0 aliphatic carbocycles. The average Bonchev–Trinajstić information content (AvgIpc) is 2.45. The van der Waals surface area contributed by atoms with Gasteiger partial charge in [-0.3, -0.25) is 4.79 Å². The Labute approximate surface area is 137 Å². The second-order valence-corrected chi connectivity index (χ2v) is 6.64. The number of halogens is 2. The van der Waals surface area contributed by atoms with E-state index in [2.05, 4.69) is 5.32 Å². The van der Waals surface area contributed by atoms with Crippen molar-refractivity contribution in [2.24, 2.45) is 0 Å². The monoisotopic (exact) mass is 340 g/mol. The van der Waals surface area contributed by atoms with E-state index >= 15 is 0 Å². The number of nitrogen functional groups attached to an aromatic ring is 1. The zero-order valence-electron chi connectivity index (χ0n) is 11.3. The minimum Gasteiger partial charge on any atom is -0.397 e. The number of carbonyl (C=O) groups is 1. The zero-order chi connectivity index (χ0) is 15.4. The van der Waals surface area contributed by atoms with Gasteiger partial charge in [0.25, 0.3) is 0 Å². The van der Waals surface area contributed by atoms with Crippen LogP contribution in [0.5, 0.6) is 0 Å². The van der Waals surface area contributed by atoms with E-state index < -0.39 is 0 Å². The van der Waals surface area contributed by atoms with Gasteiger partial charge in [0.2, 0.25) is 5.91 Å². The molecule has 3 N–H and O–H groups in total. The standard InChI is InChI=1S/C15H14Cl2N2OS/c1-9(21-14-5-3-2-4-11(14)17)15(20)19-13-8-10(16)6-7-12(13)18/h2-9H,18H2,1H3,(H,19,20). The number of nitrogens with two attached hydrogens (primary N) is 1. The maximum Gasteiger partial charge on any atom is 0.237 e. The van der Waals surface area contributed by atoms with Crippen molar-refractivity contribution in [2.45, 2.75) is 17.1 Å². The lowest BCUT2D eigenvalue weighted by Crippen LogP contribution is -2.23. The molecule has 0 aliphatic rings. The number of rotatable bonds is 4. The Hall–Kier alpha value is -1.36. The van der Waals surface area contributed by atoms with Crippen LogP contribution in [0, 0.1) is 0 Å². The van der Waals surface area contributed by atoms with Crippen LogP contribution in [-0.4, -0.2) is 11.2 Å². The van der Waals surface area contributed by atoms with E-state index in [1.54, 1.807) is 24.3 Å². The molecule has 3 nitrogen and oxygen atoms in total. The number of amides is 1. The number of hydrogen-bond donors (Lipinski definition) is 2. The summed E-state index contributed by atoms with van der Waals surface area (Å²) < 4.78 is 0. The minimum atomic E-state index is -0.316. The summed E-state index contributed by atoms with van der Waals surface area (Å²) in [4.78, 5) is 13.1. The van der Waals surface area contributed by atoms with Crippen LogP contribution in [0.2, 0.25) is 10.0 Å². The molecule has 1 atom stereocenters. The number of hydrogen-bond acceptors (Lipinski definition) is 3. The van der Waals surface area contributed by atoms with Crippen molar-refractivity contribution in [3.63, 3.8) is 0 Å². The highest BCUT2D eigenvalue weighted by atomic mass is 35.5. The normalized spacial score (nSPS) is 12.0. The summed E-state index contributed by atoms with van der Waals surface area (Å²) in [5, 5.41) is 3.61. The van der Waals surface area contributed by atoms with Crippen molar-refractivity contribution >= 4 is 52.2 Å². The topological polar surface area (TPSA) is 55.1 Å². The Balaban J connectivity index is 2.06. The Morgan fingerprint density at radius 3 is 2.67 bits per heavy atom. The second kappa shape index (κ2) is 7.07. The van der Waals surface area contributed by atoms with E-state index in [0.29, 0.717) is 21.4 Å². The summed E-state index contributed by atoms with van der Waals surface area (Å²) in [6.45, 7) is 1.81. The first kappa shape index (κ1) is 16.0. The summed E-state index contributed by atoms with van der Waals surface area (Å²) in [5.74, 6) is -0.158. The molecule has 6 heteroatoms. The van der Waals surface area contributed by atoms with Crippen molar-refractivity contribution in [3.05, 3.63) is 52.5 Å². The fourth-order valence-corrected chi connectivity index (χ4v) is 2.98. The summed E-state index contributed by atoms with van der Waals surface area (Å²) in [5.41, 5.74) is 6.80. The molecule has 0 saturated heterocycles. The smallest absolute Gasteiger partial charge is 0.237 e. The maximum absolute atomic E-state index is 12.2.